The van der Waals surface area contributed by atoms with Gasteiger partial charge in [0.1, 0.15) is 9.90 Å². The Morgan fingerprint density at radius 3 is 2.79 bits per heavy atom. The van der Waals surface area contributed by atoms with Crippen molar-refractivity contribution in [2.24, 2.45) is 0 Å². The van der Waals surface area contributed by atoms with Crippen LogP contribution in [0.25, 0.3) is 10.2 Å². The first-order valence-electron chi connectivity index (χ1n) is 7.87. The second kappa shape index (κ2) is 5.65. The van der Waals surface area contributed by atoms with Gasteiger partial charge in [-0.15, -0.1) is 11.3 Å². The highest BCUT2D eigenvalue weighted by atomic mass is 32.2. The molecule has 24 heavy (non-hydrogen) atoms. The van der Waals surface area contributed by atoms with Crippen LogP contribution >= 0.6 is 11.3 Å². The Balaban J connectivity index is 1.77. The van der Waals surface area contributed by atoms with E-state index in [1.807, 2.05) is 24.3 Å². The van der Waals surface area contributed by atoms with E-state index in [4.69, 9.17) is 0 Å². The van der Waals surface area contributed by atoms with Crippen molar-refractivity contribution >= 4 is 31.6 Å². The molecule has 1 atom stereocenters. The summed E-state index contributed by atoms with van der Waals surface area (Å²) >= 11 is 1.58. The number of nitrogens with zero attached hydrogens (tertiary/aromatic N) is 3. The van der Waals surface area contributed by atoms with Gasteiger partial charge in [-0.2, -0.15) is 9.40 Å². The van der Waals surface area contributed by atoms with Crippen molar-refractivity contribution in [3.05, 3.63) is 40.7 Å². The van der Waals surface area contributed by atoms with Gasteiger partial charge in [-0.25, -0.2) is 13.4 Å². The minimum absolute atomic E-state index is 0.193. The van der Waals surface area contributed by atoms with Gasteiger partial charge in [0.25, 0.3) is 0 Å². The SMILES string of the molecule is Cc1n[nH]c(C)c1S(=O)(=O)N1CCCC1c1nc2ccccc2s1. The molecule has 4 rings (SSSR count). The number of nitrogens with one attached hydrogen (secondary N) is 1. The van der Waals surface area contributed by atoms with E-state index in [0.29, 0.717) is 22.8 Å². The lowest BCUT2D eigenvalue weighted by molar-refractivity contribution is 0.395. The molecule has 0 amide bonds. The normalized spacial score (nSPS) is 19.3. The van der Waals surface area contributed by atoms with Crippen LogP contribution in [0.2, 0.25) is 0 Å². The molecule has 126 valence electrons. The van der Waals surface area contributed by atoms with Gasteiger partial charge in [0, 0.05) is 6.54 Å². The van der Waals surface area contributed by atoms with E-state index in [-0.39, 0.29) is 6.04 Å². The van der Waals surface area contributed by atoms with E-state index in [1.165, 1.54) is 0 Å². The van der Waals surface area contributed by atoms with E-state index in [2.05, 4.69) is 15.2 Å². The zero-order valence-corrected chi connectivity index (χ0v) is 15.1. The molecule has 1 aliphatic rings. The van der Waals surface area contributed by atoms with Gasteiger partial charge in [0.05, 0.1) is 27.6 Å². The molecule has 1 unspecified atom stereocenters. The molecule has 0 bridgehead atoms. The topological polar surface area (TPSA) is 79.0 Å². The van der Waals surface area contributed by atoms with E-state index in [0.717, 1.165) is 28.1 Å². The number of hydrogen-bond donors (Lipinski definition) is 1. The lowest BCUT2D eigenvalue weighted by atomic mass is 10.2. The molecule has 0 radical (unpaired) electrons. The summed E-state index contributed by atoms with van der Waals surface area (Å²) in [4.78, 5) is 4.98. The van der Waals surface area contributed by atoms with Crippen molar-refractivity contribution in [1.82, 2.24) is 19.5 Å². The number of benzene rings is 1. The largest absolute Gasteiger partial charge is 0.281 e. The zero-order chi connectivity index (χ0) is 16.9. The second-order valence-corrected chi connectivity index (χ2v) is 8.95. The van der Waals surface area contributed by atoms with Crippen LogP contribution in [0.4, 0.5) is 0 Å². The minimum Gasteiger partial charge on any atom is -0.281 e. The highest BCUT2D eigenvalue weighted by Crippen LogP contribution is 2.40. The van der Waals surface area contributed by atoms with Crippen molar-refractivity contribution in [2.45, 2.75) is 37.6 Å². The molecule has 0 saturated carbocycles. The van der Waals surface area contributed by atoms with Gasteiger partial charge in [-0.05, 0) is 38.8 Å². The molecule has 1 aromatic carbocycles. The average molecular weight is 362 g/mol. The van der Waals surface area contributed by atoms with Crippen LogP contribution in [0.5, 0.6) is 0 Å². The summed E-state index contributed by atoms with van der Waals surface area (Å²) in [5, 5.41) is 7.69. The maximum atomic E-state index is 13.2. The van der Waals surface area contributed by atoms with Crippen molar-refractivity contribution < 1.29 is 8.42 Å². The summed E-state index contributed by atoms with van der Waals surface area (Å²) < 4.78 is 29.0. The number of aromatic amines is 1. The quantitative estimate of drug-likeness (QED) is 0.776. The van der Waals surface area contributed by atoms with E-state index < -0.39 is 10.0 Å². The van der Waals surface area contributed by atoms with Crippen LogP contribution in [-0.4, -0.2) is 34.4 Å². The molecule has 3 heterocycles. The number of fused-ring (bicyclic) bond motifs is 1. The fourth-order valence-electron chi connectivity index (χ4n) is 3.35. The third kappa shape index (κ3) is 2.37. The Bertz CT molecular complexity index is 954. The van der Waals surface area contributed by atoms with Crippen LogP contribution in [0, 0.1) is 13.8 Å². The van der Waals surface area contributed by atoms with Gasteiger partial charge in [0.2, 0.25) is 10.0 Å². The molecule has 0 aliphatic carbocycles. The molecule has 2 aromatic heterocycles. The van der Waals surface area contributed by atoms with Gasteiger partial charge < -0.3 is 0 Å². The first-order valence-corrected chi connectivity index (χ1v) is 10.1. The van der Waals surface area contributed by atoms with Crippen LogP contribution in [-0.2, 0) is 10.0 Å². The van der Waals surface area contributed by atoms with Crippen molar-refractivity contribution in [1.29, 1.82) is 0 Å². The zero-order valence-electron chi connectivity index (χ0n) is 13.5. The fourth-order valence-corrected chi connectivity index (χ4v) is 6.52. The molecule has 6 nitrogen and oxygen atoms in total. The van der Waals surface area contributed by atoms with Crippen LogP contribution in [0.3, 0.4) is 0 Å². The van der Waals surface area contributed by atoms with E-state index in [9.17, 15) is 8.42 Å². The number of sulfonamides is 1. The number of aryl methyl sites for hydroxylation is 2. The summed E-state index contributed by atoms with van der Waals surface area (Å²) in [6.45, 7) is 3.99. The summed E-state index contributed by atoms with van der Waals surface area (Å²) in [6, 6.07) is 7.72. The first kappa shape index (κ1) is 15.7. The molecule has 8 heteroatoms. The first-order chi connectivity index (χ1) is 11.5. The van der Waals surface area contributed by atoms with Gasteiger partial charge in [0.15, 0.2) is 0 Å². The molecule has 1 aliphatic heterocycles. The van der Waals surface area contributed by atoms with Gasteiger partial charge in [-0.3, -0.25) is 5.10 Å². The highest BCUT2D eigenvalue weighted by Gasteiger charge is 2.39. The van der Waals surface area contributed by atoms with Crippen molar-refractivity contribution in [3.63, 3.8) is 0 Å². The summed E-state index contributed by atoms with van der Waals surface area (Å²) in [6.07, 6.45) is 1.64. The molecule has 1 fully saturated rings. The summed E-state index contributed by atoms with van der Waals surface area (Å²) in [5.74, 6) is 0. The maximum absolute atomic E-state index is 13.2. The van der Waals surface area contributed by atoms with Crippen LogP contribution in [0.15, 0.2) is 29.2 Å². The predicted molar refractivity (Wildman–Crippen MR) is 93.5 cm³/mol. The highest BCUT2D eigenvalue weighted by molar-refractivity contribution is 7.89. The van der Waals surface area contributed by atoms with E-state index >= 15 is 0 Å². The number of rotatable bonds is 3. The molecule has 1 saturated heterocycles. The Labute approximate surface area is 144 Å². The molecular weight excluding hydrogens is 344 g/mol. The number of H-pyrrole nitrogens is 1. The molecule has 0 spiro atoms. The standard InChI is InChI=1S/C16H18N4O2S2/c1-10-15(11(2)19-18-10)24(21,22)20-9-5-7-13(20)16-17-12-6-3-4-8-14(12)23-16/h3-4,6,8,13H,5,7,9H2,1-2H3,(H,18,19). The van der Waals surface area contributed by atoms with Gasteiger partial charge >= 0.3 is 0 Å². The fraction of sp³-hybridized carbons (Fsp3) is 0.375. The summed E-state index contributed by atoms with van der Waals surface area (Å²) in [5.41, 5.74) is 2.03. The Kier molecular flexibility index (Phi) is 3.70. The van der Waals surface area contributed by atoms with Crippen LogP contribution < -0.4 is 0 Å². The maximum Gasteiger partial charge on any atom is 0.247 e. The number of thiazole rings is 1. The lowest BCUT2D eigenvalue weighted by Crippen LogP contribution is -2.31. The average Bonchev–Trinajstić information content (AvgIpc) is 3.24. The molecule has 1 N–H and O–H groups in total. The molecular formula is C16H18N4O2S2. The third-order valence-corrected chi connectivity index (χ3v) is 7.74. The minimum atomic E-state index is -3.59. The summed E-state index contributed by atoms with van der Waals surface area (Å²) in [7, 11) is -3.59. The van der Waals surface area contributed by atoms with Gasteiger partial charge in [-0.1, -0.05) is 12.1 Å². The lowest BCUT2D eigenvalue weighted by Gasteiger charge is -2.22. The van der Waals surface area contributed by atoms with E-state index in [1.54, 1.807) is 29.5 Å². The monoisotopic (exact) mass is 362 g/mol. The number of aromatic nitrogens is 3. The Hall–Kier alpha value is -1.77. The third-order valence-electron chi connectivity index (χ3n) is 4.43. The number of para-hydroxylation sites is 1. The Morgan fingerprint density at radius 1 is 1.29 bits per heavy atom. The number of hydrogen-bond acceptors (Lipinski definition) is 5. The smallest absolute Gasteiger partial charge is 0.247 e. The van der Waals surface area contributed by atoms with Crippen LogP contribution in [0.1, 0.15) is 35.3 Å². The predicted octanol–water partition coefficient (Wildman–Crippen LogP) is 3.16. The van der Waals surface area contributed by atoms with Crippen molar-refractivity contribution in [2.75, 3.05) is 6.54 Å². The van der Waals surface area contributed by atoms with Crippen molar-refractivity contribution in [3.8, 4) is 0 Å². The Morgan fingerprint density at radius 2 is 2.08 bits per heavy atom. The second-order valence-electron chi connectivity index (χ2n) is 6.06. The molecule has 3 aromatic rings.